The largest absolute Gasteiger partial charge is 0.465 e. The summed E-state index contributed by atoms with van der Waals surface area (Å²) in [6, 6.07) is 0. The SMILES string of the molecule is CCCCCCOC(=O)C1C(C)CCC(CC)C1C(=O)OCCCCCC. The molecule has 1 aliphatic carbocycles. The smallest absolute Gasteiger partial charge is 0.310 e. The van der Waals surface area contributed by atoms with Gasteiger partial charge in [-0.15, -0.1) is 0 Å². The van der Waals surface area contributed by atoms with Gasteiger partial charge in [0.05, 0.1) is 25.0 Å². The van der Waals surface area contributed by atoms with Crippen molar-refractivity contribution in [3.8, 4) is 0 Å². The van der Waals surface area contributed by atoms with E-state index in [1.165, 1.54) is 12.8 Å². The fraction of sp³-hybridized carbons (Fsp3) is 0.913. The maximum absolute atomic E-state index is 12.8. The van der Waals surface area contributed by atoms with Gasteiger partial charge in [-0.05, 0) is 37.5 Å². The Morgan fingerprint density at radius 1 is 0.741 bits per heavy atom. The van der Waals surface area contributed by atoms with Crippen LogP contribution in [0.3, 0.4) is 0 Å². The summed E-state index contributed by atoms with van der Waals surface area (Å²) in [7, 11) is 0. The Morgan fingerprint density at radius 2 is 1.26 bits per heavy atom. The highest BCUT2D eigenvalue weighted by Gasteiger charge is 2.46. The van der Waals surface area contributed by atoms with Gasteiger partial charge in [0.15, 0.2) is 0 Å². The van der Waals surface area contributed by atoms with Crippen LogP contribution < -0.4 is 0 Å². The molecule has 158 valence electrons. The normalized spacial score (nSPS) is 25.2. The average molecular weight is 383 g/mol. The maximum Gasteiger partial charge on any atom is 0.310 e. The van der Waals surface area contributed by atoms with Crippen LogP contribution in [-0.2, 0) is 19.1 Å². The second-order valence-electron chi connectivity index (χ2n) is 8.23. The number of rotatable bonds is 13. The Hall–Kier alpha value is -1.06. The molecule has 0 aromatic carbocycles. The molecule has 0 amide bonds. The van der Waals surface area contributed by atoms with Crippen LogP contribution in [0.1, 0.15) is 98.3 Å². The molecule has 0 aromatic rings. The first-order valence-electron chi connectivity index (χ1n) is 11.4. The van der Waals surface area contributed by atoms with Gasteiger partial charge in [-0.1, -0.05) is 72.6 Å². The van der Waals surface area contributed by atoms with Crippen molar-refractivity contribution in [2.45, 2.75) is 98.3 Å². The van der Waals surface area contributed by atoms with E-state index in [1.807, 2.05) is 0 Å². The molecule has 4 unspecified atom stereocenters. The van der Waals surface area contributed by atoms with Crippen molar-refractivity contribution in [3.63, 3.8) is 0 Å². The van der Waals surface area contributed by atoms with Crippen molar-refractivity contribution >= 4 is 11.9 Å². The van der Waals surface area contributed by atoms with Crippen LogP contribution in [0.15, 0.2) is 0 Å². The topological polar surface area (TPSA) is 52.6 Å². The van der Waals surface area contributed by atoms with Crippen LogP contribution in [0.25, 0.3) is 0 Å². The van der Waals surface area contributed by atoms with E-state index in [-0.39, 0.29) is 35.6 Å². The zero-order valence-electron chi connectivity index (χ0n) is 18.1. The molecule has 0 aliphatic heterocycles. The number of esters is 2. The monoisotopic (exact) mass is 382 g/mol. The summed E-state index contributed by atoms with van der Waals surface area (Å²) in [6.45, 7) is 9.46. The molecule has 4 atom stereocenters. The minimum atomic E-state index is -0.349. The molecule has 0 heterocycles. The lowest BCUT2D eigenvalue weighted by atomic mass is 9.66. The van der Waals surface area contributed by atoms with Gasteiger partial charge in [0.2, 0.25) is 0 Å². The highest BCUT2D eigenvalue weighted by atomic mass is 16.5. The van der Waals surface area contributed by atoms with E-state index in [2.05, 4.69) is 27.7 Å². The Bertz CT molecular complexity index is 421. The second-order valence-corrected chi connectivity index (χ2v) is 8.23. The van der Waals surface area contributed by atoms with Crippen LogP contribution >= 0.6 is 0 Å². The number of hydrogen-bond donors (Lipinski definition) is 0. The molecule has 1 fully saturated rings. The highest BCUT2D eigenvalue weighted by molar-refractivity contribution is 5.83. The number of ether oxygens (including phenoxy) is 2. The van der Waals surface area contributed by atoms with Gasteiger partial charge in [-0.3, -0.25) is 9.59 Å². The predicted molar refractivity (Wildman–Crippen MR) is 109 cm³/mol. The highest BCUT2D eigenvalue weighted by Crippen LogP contribution is 2.41. The minimum Gasteiger partial charge on any atom is -0.465 e. The summed E-state index contributed by atoms with van der Waals surface area (Å²) >= 11 is 0. The molecule has 0 radical (unpaired) electrons. The van der Waals surface area contributed by atoms with Crippen LogP contribution in [0, 0.1) is 23.7 Å². The van der Waals surface area contributed by atoms with Crippen LogP contribution in [0.4, 0.5) is 0 Å². The van der Waals surface area contributed by atoms with E-state index in [4.69, 9.17) is 9.47 Å². The second kappa shape index (κ2) is 14.0. The Morgan fingerprint density at radius 3 is 1.74 bits per heavy atom. The maximum atomic E-state index is 12.8. The summed E-state index contributed by atoms with van der Waals surface area (Å²) in [5, 5.41) is 0. The fourth-order valence-electron chi connectivity index (χ4n) is 4.25. The van der Waals surface area contributed by atoms with Gasteiger partial charge in [0, 0.05) is 0 Å². The lowest BCUT2D eigenvalue weighted by Crippen LogP contribution is -2.44. The van der Waals surface area contributed by atoms with E-state index >= 15 is 0 Å². The molecule has 1 rings (SSSR count). The molecule has 4 nitrogen and oxygen atoms in total. The Labute approximate surface area is 166 Å². The lowest BCUT2D eigenvalue weighted by molar-refractivity contribution is -0.168. The summed E-state index contributed by atoms with van der Waals surface area (Å²) in [4.78, 5) is 25.6. The average Bonchev–Trinajstić information content (AvgIpc) is 2.67. The molecule has 0 bridgehead atoms. The van der Waals surface area contributed by atoms with Gasteiger partial charge < -0.3 is 9.47 Å². The van der Waals surface area contributed by atoms with Gasteiger partial charge in [-0.25, -0.2) is 0 Å². The molecule has 0 N–H and O–H groups in total. The third-order valence-corrected chi connectivity index (χ3v) is 6.05. The molecule has 4 heteroatoms. The van der Waals surface area contributed by atoms with E-state index in [0.717, 1.165) is 57.8 Å². The fourth-order valence-corrected chi connectivity index (χ4v) is 4.25. The molecule has 0 saturated heterocycles. The first-order valence-corrected chi connectivity index (χ1v) is 11.4. The summed E-state index contributed by atoms with van der Waals surface area (Å²) in [5.41, 5.74) is 0. The molecular formula is C23H42O4. The quantitative estimate of drug-likeness (QED) is 0.293. The van der Waals surface area contributed by atoms with Gasteiger partial charge in [0.25, 0.3) is 0 Å². The Balaban J connectivity index is 2.65. The number of carbonyl (C=O) groups is 2. The Kier molecular flexibility index (Phi) is 12.4. The van der Waals surface area contributed by atoms with Crippen molar-refractivity contribution in [2.24, 2.45) is 23.7 Å². The lowest BCUT2D eigenvalue weighted by Gasteiger charge is -2.38. The van der Waals surface area contributed by atoms with Gasteiger partial charge in [-0.2, -0.15) is 0 Å². The van der Waals surface area contributed by atoms with E-state index in [0.29, 0.717) is 13.2 Å². The minimum absolute atomic E-state index is 0.175. The third kappa shape index (κ3) is 8.23. The first-order chi connectivity index (χ1) is 13.1. The van der Waals surface area contributed by atoms with Crippen LogP contribution in [-0.4, -0.2) is 25.2 Å². The van der Waals surface area contributed by atoms with E-state index < -0.39 is 0 Å². The predicted octanol–water partition coefficient (Wildman–Crippen LogP) is 5.92. The van der Waals surface area contributed by atoms with Crippen LogP contribution in [0.2, 0.25) is 0 Å². The summed E-state index contributed by atoms with van der Waals surface area (Å²) < 4.78 is 11.2. The molecular weight excluding hydrogens is 340 g/mol. The zero-order chi connectivity index (χ0) is 20.1. The van der Waals surface area contributed by atoms with Crippen LogP contribution in [0.5, 0.6) is 0 Å². The standard InChI is InChI=1S/C23H42O4/c1-5-8-10-12-16-26-22(24)20-18(4)14-15-19(7-3)21(20)23(25)27-17-13-11-9-6-2/h18-21H,5-17H2,1-4H3. The first kappa shape index (κ1) is 24.0. The van der Waals surface area contributed by atoms with Crippen molar-refractivity contribution in [1.29, 1.82) is 0 Å². The molecule has 27 heavy (non-hydrogen) atoms. The number of carbonyl (C=O) groups excluding carboxylic acids is 2. The third-order valence-electron chi connectivity index (χ3n) is 6.05. The molecule has 0 aromatic heterocycles. The molecule has 1 saturated carbocycles. The zero-order valence-corrected chi connectivity index (χ0v) is 18.1. The van der Waals surface area contributed by atoms with Gasteiger partial charge >= 0.3 is 11.9 Å². The summed E-state index contributed by atoms with van der Waals surface area (Å²) in [6.07, 6.45) is 11.5. The van der Waals surface area contributed by atoms with Crippen molar-refractivity contribution < 1.29 is 19.1 Å². The van der Waals surface area contributed by atoms with Crippen molar-refractivity contribution in [2.75, 3.05) is 13.2 Å². The van der Waals surface area contributed by atoms with Gasteiger partial charge in [0.1, 0.15) is 0 Å². The number of hydrogen-bond acceptors (Lipinski definition) is 4. The van der Waals surface area contributed by atoms with E-state index in [1.54, 1.807) is 0 Å². The number of unbranched alkanes of at least 4 members (excludes halogenated alkanes) is 6. The van der Waals surface area contributed by atoms with E-state index in [9.17, 15) is 9.59 Å². The summed E-state index contributed by atoms with van der Waals surface area (Å²) in [5.74, 6) is -0.662. The van der Waals surface area contributed by atoms with Crippen molar-refractivity contribution in [3.05, 3.63) is 0 Å². The van der Waals surface area contributed by atoms with Crippen molar-refractivity contribution in [1.82, 2.24) is 0 Å². The molecule has 0 spiro atoms. The molecule has 1 aliphatic rings.